The van der Waals surface area contributed by atoms with Crippen molar-refractivity contribution in [1.29, 1.82) is 0 Å². The van der Waals surface area contributed by atoms with Gasteiger partial charge in [0.15, 0.2) is 5.52 Å². The van der Waals surface area contributed by atoms with E-state index in [-0.39, 0.29) is 33.0 Å². The molecule has 0 aliphatic carbocycles. The second-order valence-electron chi connectivity index (χ2n) is 8.11. The summed E-state index contributed by atoms with van der Waals surface area (Å²) in [5, 5.41) is 1.38. The van der Waals surface area contributed by atoms with Gasteiger partial charge in [0.05, 0.1) is 18.2 Å². The summed E-state index contributed by atoms with van der Waals surface area (Å²) in [4.78, 5) is 13.0. The SMILES string of the molecule is Cc1cccc(Cl)c1C(=O)Pc1ccc(OCCC(C)C)cc1OCCC(C)C.[Li]. The summed E-state index contributed by atoms with van der Waals surface area (Å²) in [6.45, 7) is 11.9. The summed E-state index contributed by atoms with van der Waals surface area (Å²) in [5.74, 6) is 2.65. The van der Waals surface area contributed by atoms with Crippen LogP contribution in [0.2, 0.25) is 5.02 Å². The molecule has 2 aromatic rings. The second kappa shape index (κ2) is 13.4. The van der Waals surface area contributed by atoms with Crippen LogP contribution in [0.25, 0.3) is 0 Å². The Morgan fingerprint density at radius 1 is 1.00 bits per heavy atom. The monoisotopic (exact) mass is 441 g/mol. The molecule has 0 bridgehead atoms. The largest absolute Gasteiger partial charge is 0.493 e. The maximum atomic E-state index is 13.0. The van der Waals surface area contributed by atoms with Crippen molar-refractivity contribution < 1.29 is 14.3 Å². The summed E-state index contributed by atoms with van der Waals surface area (Å²) in [5.41, 5.74) is 1.51. The van der Waals surface area contributed by atoms with E-state index in [1.807, 2.05) is 37.3 Å². The first-order chi connectivity index (χ1) is 13.8. The zero-order valence-corrected chi connectivity index (χ0v) is 20.8. The number of rotatable bonds is 11. The first kappa shape index (κ1) is 27.1. The minimum Gasteiger partial charge on any atom is -0.493 e. The Morgan fingerprint density at radius 3 is 2.23 bits per heavy atom. The number of hydrogen-bond acceptors (Lipinski definition) is 3. The van der Waals surface area contributed by atoms with Gasteiger partial charge in [-0.2, -0.15) is 0 Å². The molecular weight excluding hydrogens is 410 g/mol. The molecule has 3 nitrogen and oxygen atoms in total. The van der Waals surface area contributed by atoms with Crippen molar-refractivity contribution in [2.75, 3.05) is 13.2 Å². The molecular formula is C24H32ClLiO3P. The fourth-order valence-electron chi connectivity index (χ4n) is 2.74. The molecule has 0 aliphatic heterocycles. The van der Waals surface area contributed by atoms with Crippen LogP contribution in [-0.4, -0.2) is 37.6 Å². The predicted molar refractivity (Wildman–Crippen MR) is 131 cm³/mol. The Morgan fingerprint density at radius 2 is 1.63 bits per heavy atom. The smallest absolute Gasteiger partial charge is 0.187 e. The summed E-state index contributed by atoms with van der Waals surface area (Å²) in [7, 11) is -0.0561. The molecule has 0 spiro atoms. The van der Waals surface area contributed by atoms with Crippen LogP contribution >= 0.6 is 20.2 Å². The third-order valence-electron chi connectivity index (χ3n) is 4.57. The van der Waals surface area contributed by atoms with Gasteiger partial charge in [-0.25, -0.2) is 0 Å². The molecule has 2 aromatic carbocycles. The first-order valence-corrected chi connectivity index (χ1v) is 11.6. The molecule has 1 atom stereocenters. The summed E-state index contributed by atoms with van der Waals surface area (Å²) in [6.07, 6.45) is 1.95. The van der Waals surface area contributed by atoms with Crippen molar-refractivity contribution in [3.05, 3.63) is 52.5 Å². The Hall–Kier alpha value is -0.973. The van der Waals surface area contributed by atoms with E-state index in [1.165, 1.54) is 0 Å². The molecule has 0 saturated carbocycles. The van der Waals surface area contributed by atoms with Crippen molar-refractivity contribution in [2.45, 2.75) is 47.5 Å². The molecule has 0 heterocycles. The molecule has 2 rings (SSSR count). The maximum absolute atomic E-state index is 13.0. The van der Waals surface area contributed by atoms with E-state index in [9.17, 15) is 4.79 Å². The number of halogens is 1. The van der Waals surface area contributed by atoms with Crippen molar-refractivity contribution in [3.63, 3.8) is 0 Å². The van der Waals surface area contributed by atoms with Gasteiger partial charge < -0.3 is 9.47 Å². The molecule has 30 heavy (non-hydrogen) atoms. The van der Waals surface area contributed by atoms with Crippen LogP contribution in [0.1, 0.15) is 56.5 Å². The number of ether oxygens (including phenoxy) is 2. The first-order valence-electron chi connectivity index (χ1n) is 10.2. The molecule has 0 amide bonds. The number of carbonyl (C=O) groups excluding carboxylic acids is 1. The minimum atomic E-state index is -0.0561. The van der Waals surface area contributed by atoms with Crippen molar-refractivity contribution in [2.24, 2.45) is 11.8 Å². The predicted octanol–water partition coefficient (Wildman–Crippen LogP) is 6.26. The van der Waals surface area contributed by atoms with Crippen LogP contribution in [0.15, 0.2) is 36.4 Å². The fourth-order valence-corrected chi connectivity index (χ4v) is 4.26. The van der Waals surface area contributed by atoms with Gasteiger partial charge in [0.1, 0.15) is 11.5 Å². The molecule has 0 N–H and O–H groups in total. The summed E-state index contributed by atoms with van der Waals surface area (Å²) < 4.78 is 11.9. The van der Waals surface area contributed by atoms with Gasteiger partial charge in [-0.15, -0.1) is 0 Å². The maximum Gasteiger partial charge on any atom is 0.187 e. The van der Waals surface area contributed by atoms with Crippen LogP contribution in [-0.2, 0) is 0 Å². The Balaban J connectivity index is 0.00000450. The number of carbonyl (C=O) groups is 1. The Kier molecular flexibility index (Phi) is 12.1. The molecule has 0 saturated heterocycles. The molecule has 159 valence electrons. The van der Waals surface area contributed by atoms with Gasteiger partial charge in [0.25, 0.3) is 0 Å². The Bertz CT molecular complexity index is 804. The molecule has 0 aromatic heterocycles. The number of benzene rings is 2. The molecule has 1 unspecified atom stereocenters. The van der Waals surface area contributed by atoms with E-state index >= 15 is 0 Å². The average Bonchev–Trinajstić information content (AvgIpc) is 2.63. The number of hydrogen-bond donors (Lipinski definition) is 0. The van der Waals surface area contributed by atoms with Crippen LogP contribution in [0.5, 0.6) is 11.5 Å². The van der Waals surface area contributed by atoms with Crippen molar-refractivity contribution in [1.82, 2.24) is 0 Å². The van der Waals surface area contributed by atoms with Crippen molar-refractivity contribution >= 4 is 49.9 Å². The van der Waals surface area contributed by atoms with Crippen molar-refractivity contribution in [3.8, 4) is 11.5 Å². The van der Waals surface area contributed by atoms with Crippen LogP contribution in [0.3, 0.4) is 0 Å². The summed E-state index contributed by atoms with van der Waals surface area (Å²) >= 11 is 6.29. The zero-order valence-electron chi connectivity index (χ0n) is 19.0. The van der Waals surface area contributed by atoms with E-state index in [0.717, 1.165) is 35.2 Å². The van der Waals surface area contributed by atoms with E-state index < -0.39 is 0 Å². The van der Waals surface area contributed by atoms with Gasteiger partial charge in [-0.1, -0.05) is 51.4 Å². The zero-order chi connectivity index (χ0) is 21.4. The van der Waals surface area contributed by atoms with Crippen LogP contribution in [0.4, 0.5) is 0 Å². The average molecular weight is 442 g/mol. The fraction of sp³-hybridized carbons (Fsp3) is 0.458. The van der Waals surface area contributed by atoms with E-state index in [0.29, 0.717) is 35.6 Å². The normalized spacial score (nSPS) is 11.2. The summed E-state index contributed by atoms with van der Waals surface area (Å²) in [6, 6.07) is 11.3. The molecule has 0 fully saturated rings. The van der Waals surface area contributed by atoms with Gasteiger partial charge in [0, 0.05) is 35.8 Å². The topological polar surface area (TPSA) is 35.5 Å². The third kappa shape index (κ3) is 8.64. The quantitative estimate of drug-likeness (QED) is 0.305. The van der Waals surface area contributed by atoms with E-state index in [4.69, 9.17) is 21.1 Å². The van der Waals surface area contributed by atoms with Gasteiger partial charge in [-0.3, -0.25) is 4.79 Å². The van der Waals surface area contributed by atoms with Gasteiger partial charge >= 0.3 is 0 Å². The molecule has 1 radical (unpaired) electrons. The van der Waals surface area contributed by atoms with Gasteiger partial charge in [0.2, 0.25) is 0 Å². The second-order valence-corrected chi connectivity index (χ2v) is 9.76. The van der Waals surface area contributed by atoms with Crippen LogP contribution < -0.4 is 14.8 Å². The minimum absolute atomic E-state index is 0. The molecule has 0 aliphatic rings. The van der Waals surface area contributed by atoms with Crippen LogP contribution in [0, 0.1) is 18.8 Å². The molecule has 6 heteroatoms. The Labute approximate surface area is 200 Å². The van der Waals surface area contributed by atoms with Gasteiger partial charge in [-0.05, 0) is 63.9 Å². The number of aryl methyl sites for hydroxylation is 1. The van der Waals surface area contributed by atoms with E-state index in [1.54, 1.807) is 6.07 Å². The van der Waals surface area contributed by atoms with E-state index in [2.05, 4.69) is 27.7 Å². The third-order valence-corrected chi connectivity index (χ3v) is 6.04. The standard InChI is InChI=1S/C24H32ClO3P.Li/c1-16(2)11-13-27-19-9-10-22(21(15-19)28-14-12-17(3)4)29-24(26)23-18(5)7-6-8-20(23)25;/h6-10,15-17,29H,11-14H2,1-5H3;.